The van der Waals surface area contributed by atoms with E-state index < -0.39 is 42.2 Å². The molecule has 0 aliphatic carbocycles. The first-order valence-corrected chi connectivity index (χ1v) is 12.9. The van der Waals surface area contributed by atoms with Gasteiger partial charge in [0.15, 0.2) is 0 Å². The Bertz CT molecular complexity index is 1140. The summed E-state index contributed by atoms with van der Waals surface area (Å²) in [7, 11) is 0. The van der Waals surface area contributed by atoms with Crippen molar-refractivity contribution in [2.75, 3.05) is 18.5 Å². The zero-order valence-electron chi connectivity index (χ0n) is 22.9. The monoisotopic (exact) mass is 543 g/mol. The van der Waals surface area contributed by atoms with Crippen molar-refractivity contribution in [2.45, 2.75) is 59.2 Å². The molecular weight excluding hydrogens is 506 g/mol. The average molecular weight is 544 g/mol. The molecular formula is C29H38ClN3O5. The highest BCUT2D eigenvalue weighted by Gasteiger charge is 2.37. The first-order chi connectivity index (χ1) is 17.8. The molecule has 38 heavy (non-hydrogen) atoms. The second-order valence-electron chi connectivity index (χ2n) is 10.3. The maximum absolute atomic E-state index is 14.0. The van der Waals surface area contributed by atoms with Crippen molar-refractivity contribution in [3.8, 4) is 0 Å². The standard InChI is InChI=1S/C29H38ClN3O5/c1-8-20-12-10-13-21(17-20)25(26(35)31-24-19(4)11-9-14-22(24)30)33(15-16-34)27(36)23(18(2)3)32-28(37)38-29(5,6)7/h8-14,17-18,23,25,34H,1,15-16H2,2-7H3,(H,31,35)(H,32,37). The van der Waals surface area contributed by atoms with Gasteiger partial charge in [-0.25, -0.2) is 4.79 Å². The summed E-state index contributed by atoms with van der Waals surface area (Å²) in [5.74, 6) is -1.41. The molecule has 9 heteroatoms. The van der Waals surface area contributed by atoms with Crippen LogP contribution in [-0.4, -0.2) is 52.7 Å². The van der Waals surface area contributed by atoms with Gasteiger partial charge in [0.1, 0.15) is 17.7 Å². The van der Waals surface area contributed by atoms with Crippen LogP contribution in [-0.2, 0) is 14.3 Å². The van der Waals surface area contributed by atoms with Gasteiger partial charge in [-0.1, -0.05) is 68.4 Å². The number of nitrogens with one attached hydrogen (secondary N) is 2. The summed E-state index contributed by atoms with van der Waals surface area (Å²) >= 11 is 6.37. The van der Waals surface area contributed by atoms with Crippen molar-refractivity contribution in [2.24, 2.45) is 5.92 Å². The van der Waals surface area contributed by atoms with E-state index in [0.29, 0.717) is 16.3 Å². The van der Waals surface area contributed by atoms with Crippen LogP contribution in [0, 0.1) is 12.8 Å². The number of carbonyl (C=O) groups is 3. The molecule has 2 rings (SSSR count). The molecule has 2 aromatic carbocycles. The van der Waals surface area contributed by atoms with E-state index in [1.54, 1.807) is 71.0 Å². The quantitative estimate of drug-likeness (QED) is 0.375. The molecule has 2 unspecified atom stereocenters. The molecule has 0 fully saturated rings. The summed E-state index contributed by atoms with van der Waals surface area (Å²) in [6.07, 6.45) is 0.880. The van der Waals surface area contributed by atoms with Crippen molar-refractivity contribution >= 4 is 41.3 Å². The number of ether oxygens (including phenoxy) is 1. The third-order valence-electron chi connectivity index (χ3n) is 5.72. The van der Waals surface area contributed by atoms with Crippen molar-refractivity contribution in [1.29, 1.82) is 0 Å². The number of benzene rings is 2. The summed E-state index contributed by atoms with van der Waals surface area (Å²) in [6.45, 7) is 13.8. The zero-order chi connectivity index (χ0) is 28.6. The van der Waals surface area contributed by atoms with E-state index in [-0.39, 0.29) is 12.5 Å². The Balaban J connectivity index is 2.57. The van der Waals surface area contributed by atoms with Crippen LogP contribution in [0.2, 0.25) is 5.02 Å². The first-order valence-electron chi connectivity index (χ1n) is 12.5. The van der Waals surface area contributed by atoms with E-state index >= 15 is 0 Å². The van der Waals surface area contributed by atoms with Crippen molar-refractivity contribution in [3.05, 3.63) is 70.8 Å². The van der Waals surface area contributed by atoms with Crippen molar-refractivity contribution < 1.29 is 24.2 Å². The smallest absolute Gasteiger partial charge is 0.408 e. The zero-order valence-corrected chi connectivity index (χ0v) is 23.6. The van der Waals surface area contributed by atoms with E-state index in [0.717, 1.165) is 11.1 Å². The molecule has 0 radical (unpaired) electrons. The van der Waals surface area contributed by atoms with Crippen molar-refractivity contribution in [1.82, 2.24) is 10.2 Å². The Labute approximate surface area is 230 Å². The molecule has 0 heterocycles. The number of anilines is 1. The molecule has 2 aromatic rings. The van der Waals surface area contributed by atoms with Gasteiger partial charge in [-0.2, -0.15) is 0 Å². The fraction of sp³-hybridized carbons (Fsp3) is 0.414. The predicted molar refractivity (Wildman–Crippen MR) is 151 cm³/mol. The lowest BCUT2D eigenvalue weighted by Gasteiger charge is -2.35. The molecule has 3 amide bonds. The molecule has 0 aliphatic rings. The Morgan fingerprint density at radius 2 is 1.82 bits per heavy atom. The molecule has 0 saturated heterocycles. The van der Waals surface area contributed by atoms with Gasteiger partial charge in [0.2, 0.25) is 5.91 Å². The second kappa shape index (κ2) is 13.4. The molecule has 0 bridgehead atoms. The van der Waals surface area contributed by atoms with Crippen LogP contribution in [0.4, 0.5) is 10.5 Å². The summed E-state index contributed by atoms with van der Waals surface area (Å²) in [4.78, 5) is 41.7. The number of rotatable bonds is 10. The number of hydrogen-bond donors (Lipinski definition) is 3. The van der Waals surface area contributed by atoms with Crippen LogP contribution in [0.25, 0.3) is 6.08 Å². The third-order valence-corrected chi connectivity index (χ3v) is 6.04. The number of aliphatic hydroxyl groups excluding tert-OH is 1. The molecule has 0 spiro atoms. The van der Waals surface area contributed by atoms with E-state index in [4.69, 9.17) is 16.3 Å². The van der Waals surface area contributed by atoms with E-state index in [2.05, 4.69) is 17.2 Å². The number of carbonyl (C=O) groups excluding carboxylic acids is 3. The summed E-state index contributed by atoms with van der Waals surface area (Å²) < 4.78 is 5.36. The maximum atomic E-state index is 14.0. The lowest BCUT2D eigenvalue weighted by molar-refractivity contribution is -0.142. The van der Waals surface area contributed by atoms with Crippen LogP contribution in [0.15, 0.2) is 49.0 Å². The van der Waals surface area contributed by atoms with E-state index in [9.17, 15) is 19.5 Å². The fourth-order valence-electron chi connectivity index (χ4n) is 3.91. The van der Waals surface area contributed by atoms with Gasteiger partial charge in [-0.15, -0.1) is 0 Å². The number of nitrogens with zero attached hydrogens (tertiary/aromatic N) is 1. The van der Waals surface area contributed by atoms with Gasteiger partial charge in [0, 0.05) is 6.54 Å². The van der Waals surface area contributed by atoms with Gasteiger partial charge < -0.3 is 25.4 Å². The summed E-state index contributed by atoms with van der Waals surface area (Å²) in [6, 6.07) is 10.1. The molecule has 8 nitrogen and oxygen atoms in total. The highest BCUT2D eigenvalue weighted by molar-refractivity contribution is 6.34. The van der Waals surface area contributed by atoms with Crippen LogP contribution in [0.1, 0.15) is 57.4 Å². The molecule has 206 valence electrons. The highest BCUT2D eigenvalue weighted by atomic mass is 35.5. The minimum atomic E-state index is -1.15. The van der Waals surface area contributed by atoms with Gasteiger partial charge >= 0.3 is 6.09 Å². The van der Waals surface area contributed by atoms with Gasteiger partial charge in [-0.3, -0.25) is 9.59 Å². The van der Waals surface area contributed by atoms with Crippen LogP contribution in [0.5, 0.6) is 0 Å². The maximum Gasteiger partial charge on any atom is 0.408 e. The number of aliphatic hydroxyl groups is 1. The molecule has 0 saturated carbocycles. The Kier molecular flexibility index (Phi) is 10.9. The normalized spacial score (nSPS) is 12.9. The topological polar surface area (TPSA) is 108 Å². The average Bonchev–Trinajstić information content (AvgIpc) is 2.83. The number of amides is 3. The predicted octanol–water partition coefficient (Wildman–Crippen LogP) is 5.34. The number of halogens is 1. The summed E-state index contributed by atoms with van der Waals surface area (Å²) in [5.41, 5.74) is 1.66. The van der Waals surface area contributed by atoms with Crippen LogP contribution < -0.4 is 10.6 Å². The molecule has 0 aromatic heterocycles. The van der Waals surface area contributed by atoms with Gasteiger partial charge in [-0.05, 0) is 62.4 Å². The molecule has 2 atom stereocenters. The SMILES string of the molecule is C=Cc1cccc(C(C(=O)Nc2c(C)cccc2Cl)N(CCO)C(=O)C(NC(=O)OC(C)(C)C)C(C)C)c1. The van der Waals surface area contributed by atoms with E-state index in [1.165, 1.54) is 4.90 Å². The minimum absolute atomic E-state index is 0.157. The van der Waals surface area contributed by atoms with Crippen LogP contribution >= 0.6 is 11.6 Å². The third kappa shape index (κ3) is 8.33. The number of aryl methyl sites for hydroxylation is 1. The Hall–Kier alpha value is -3.36. The fourth-order valence-corrected chi connectivity index (χ4v) is 4.18. The summed E-state index contributed by atoms with van der Waals surface area (Å²) in [5, 5.41) is 15.8. The number of para-hydroxylation sites is 1. The largest absolute Gasteiger partial charge is 0.444 e. The lowest BCUT2D eigenvalue weighted by Crippen LogP contribution is -2.55. The Morgan fingerprint density at radius 3 is 2.37 bits per heavy atom. The molecule has 0 aliphatic heterocycles. The minimum Gasteiger partial charge on any atom is -0.444 e. The van der Waals surface area contributed by atoms with Gasteiger partial charge in [0.05, 0.1) is 17.3 Å². The number of hydrogen-bond acceptors (Lipinski definition) is 5. The highest BCUT2D eigenvalue weighted by Crippen LogP contribution is 2.30. The Morgan fingerprint density at radius 1 is 1.16 bits per heavy atom. The van der Waals surface area contributed by atoms with Crippen LogP contribution in [0.3, 0.4) is 0 Å². The van der Waals surface area contributed by atoms with E-state index in [1.807, 2.05) is 19.1 Å². The lowest BCUT2D eigenvalue weighted by atomic mass is 9.97. The van der Waals surface area contributed by atoms with Gasteiger partial charge in [0.25, 0.3) is 5.91 Å². The second-order valence-corrected chi connectivity index (χ2v) is 10.7. The first kappa shape index (κ1) is 30.9. The van der Waals surface area contributed by atoms with Crippen molar-refractivity contribution in [3.63, 3.8) is 0 Å². The molecule has 3 N–H and O–H groups in total. The number of alkyl carbamates (subject to hydrolysis) is 1.